The first kappa shape index (κ1) is 22.3. The molecule has 2 N–H and O–H groups in total. The number of aryl methyl sites for hydroxylation is 2. The fraction of sp³-hybridized carbons (Fsp3) is 0.375. The molecule has 0 spiro atoms. The maximum Gasteiger partial charge on any atom is 0.344 e. The van der Waals surface area contributed by atoms with Crippen molar-refractivity contribution >= 4 is 23.5 Å². The zero-order valence-electron chi connectivity index (χ0n) is 17.9. The first-order chi connectivity index (χ1) is 14.9. The Labute approximate surface area is 182 Å². The van der Waals surface area contributed by atoms with E-state index in [1.807, 2.05) is 26.0 Å². The molecule has 31 heavy (non-hydrogen) atoms. The molecule has 0 heterocycles. The summed E-state index contributed by atoms with van der Waals surface area (Å²) < 4.78 is 10.5. The van der Waals surface area contributed by atoms with Crippen LogP contribution in [-0.4, -0.2) is 37.0 Å². The van der Waals surface area contributed by atoms with Crippen molar-refractivity contribution in [3.63, 3.8) is 0 Å². The van der Waals surface area contributed by atoms with E-state index < -0.39 is 18.5 Å². The number of anilines is 1. The normalized spacial score (nSPS) is 13.5. The second kappa shape index (κ2) is 10.6. The van der Waals surface area contributed by atoms with E-state index in [1.54, 1.807) is 30.3 Å². The van der Waals surface area contributed by atoms with Gasteiger partial charge in [0.1, 0.15) is 5.75 Å². The summed E-state index contributed by atoms with van der Waals surface area (Å²) in [6.07, 6.45) is 4.17. The van der Waals surface area contributed by atoms with Crippen LogP contribution in [0.1, 0.15) is 47.2 Å². The number of hydrogen-bond acceptors (Lipinski definition) is 5. The zero-order chi connectivity index (χ0) is 22.2. The lowest BCUT2D eigenvalue weighted by Crippen LogP contribution is -2.33. The van der Waals surface area contributed by atoms with E-state index >= 15 is 0 Å². The summed E-state index contributed by atoms with van der Waals surface area (Å²) in [5.41, 5.74) is 2.78. The Morgan fingerprint density at radius 2 is 1.74 bits per heavy atom. The van der Waals surface area contributed by atoms with Crippen LogP contribution in [0.15, 0.2) is 42.5 Å². The fourth-order valence-corrected chi connectivity index (χ4v) is 3.60. The van der Waals surface area contributed by atoms with E-state index in [-0.39, 0.29) is 18.6 Å². The fourth-order valence-electron chi connectivity index (χ4n) is 3.60. The highest BCUT2D eigenvalue weighted by molar-refractivity contribution is 6.04. The summed E-state index contributed by atoms with van der Waals surface area (Å²) in [4.78, 5) is 36.7. The maximum atomic E-state index is 12.6. The number of carbonyl (C=O) groups excluding carboxylic acids is 3. The number of nitrogens with one attached hydrogen (secondary N) is 2. The van der Waals surface area contributed by atoms with Crippen LogP contribution in [0.25, 0.3) is 0 Å². The van der Waals surface area contributed by atoms with Crippen LogP contribution in [0.3, 0.4) is 0 Å². The van der Waals surface area contributed by atoms with Crippen molar-refractivity contribution in [2.75, 3.05) is 18.5 Å². The predicted molar refractivity (Wildman–Crippen MR) is 117 cm³/mol. The molecule has 1 fully saturated rings. The molecule has 2 amide bonds. The Morgan fingerprint density at radius 1 is 1.00 bits per heavy atom. The number of carbonyl (C=O) groups is 3. The van der Waals surface area contributed by atoms with Crippen molar-refractivity contribution in [2.24, 2.45) is 0 Å². The van der Waals surface area contributed by atoms with Gasteiger partial charge >= 0.3 is 5.97 Å². The van der Waals surface area contributed by atoms with E-state index in [2.05, 4.69) is 10.6 Å². The van der Waals surface area contributed by atoms with Gasteiger partial charge in [0.05, 0.1) is 11.3 Å². The lowest BCUT2D eigenvalue weighted by Gasteiger charge is -2.15. The molecule has 0 bridgehead atoms. The van der Waals surface area contributed by atoms with E-state index in [4.69, 9.17) is 9.47 Å². The summed E-state index contributed by atoms with van der Waals surface area (Å²) in [5, 5.41) is 5.65. The van der Waals surface area contributed by atoms with Gasteiger partial charge < -0.3 is 20.1 Å². The molecule has 3 rings (SSSR count). The van der Waals surface area contributed by atoms with Gasteiger partial charge in [0.25, 0.3) is 11.8 Å². The van der Waals surface area contributed by atoms with Crippen LogP contribution in [0.5, 0.6) is 5.75 Å². The average Bonchev–Trinajstić information content (AvgIpc) is 3.25. The first-order valence-corrected chi connectivity index (χ1v) is 10.5. The van der Waals surface area contributed by atoms with Crippen molar-refractivity contribution in [3.05, 3.63) is 59.2 Å². The van der Waals surface area contributed by atoms with Crippen LogP contribution >= 0.6 is 0 Å². The lowest BCUT2D eigenvalue weighted by atomic mass is 10.1. The van der Waals surface area contributed by atoms with Crippen LogP contribution in [0.2, 0.25) is 0 Å². The third kappa shape index (κ3) is 6.57. The van der Waals surface area contributed by atoms with E-state index in [1.165, 1.54) is 0 Å². The Kier molecular flexibility index (Phi) is 7.65. The van der Waals surface area contributed by atoms with Gasteiger partial charge in [0.15, 0.2) is 13.2 Å². The molecule has 0 radical (unpaired) electrons. The summed E-state index contributed by atoms with van der Waals surface area (Å²) in [6.45, 7) is 3.10. The van der Waals surface area contributed by atoms with Crippen LogP contribution in [0.4, 0.5) is 5.69 Å². The second-order valence-electron chi connectivity index (χ2n) is 7.77. The van der Waals surface area contributed by atoms with Crippen molar-refractivity contribution in [1.82, 2.24) is 5.32 Å². The summed E-state index contributed by atoms with van der Waals surface area (Å²) >= 11 is 0. The largest absolute Gasteiger partial charge is 0.482 e. The van der Waals surface area contributed by atoms with Gasteiger partial charge in [-0.05, 0) is 50.5 Å². The Balaban J connectivity index is 1.48. The van der Waals surface area contributed by atoms with E-state index in [0.717, 1.165) is 36.8 Å². The molecule has 7 nitrogen and oxygen atoms in total. The van der Waals surface area contributed by atoms with Gasteiger partial charge in [-0.25, -0.2) is 4.79 Å². The van der Waals surface area contributed by atoms with Crippen molar-refractivity contribution in [1.29, 1.82) is 0 Å². The quantitative estimate of drug-likeness (QED) is 0.632. The monoisotopic (exact) mass is 424 g/mol. The standard InChI is InChI=1S/C24H28N2O5/c1-16-11-12-21(17(2)13-16)30-15-23(28)31-14-22(27)26-20-10-6-5-9-19(20)24(29)25-18-7-3-4-8-18/h5-6,9-13,18H,3-4,7-8,14-15H2,1-2H3,(H,25,29)(H,26,27). The molecule has 1 aliphatic carbocycles. The molecule has 0 atom stereocenters. The number of para-hydroxylation sites is 1. The van der Waals surface area contributed by atoms with Gasteiger partial charge in [-0.1, -0.05) is 42.7 Å². The van der Waals surface area contributed by atoms with Gasteiger partial charge in [0.2, 0.25) is 0 Å². The highest BCUT2D eigenvalue weighted by Gasteiger charge is 2.20. The molecule has 1 aliphatic rings. The first-order valence-electron chi connectivity index (χ1n) is 10.5. The lowest BCUT2D eigenvalue weighted by molar-refractivity contribution is -0.149. The van der Waals surface area contributed by atoms with Crippen LogP contribution in [0, 0.1) is 13.8 Å². The molecular weight excluding hydrogens is 396 g/mol. The molecule has 2 aromatic rings. The number of hydrogen-bond donors (Lipinski definition) is 2. The Bertz CT molecular complexity index is 951. The number of ether oxygens (including phenoxy) is 2. The smallest absolute Gasteiger partial charge is 0.344 e. The average molecular weight is 424 g/mol. The minimum atomic E-state index is -0.651. The Morgan fingerprint density at radius 3 is 2.48 bits per heavy atom. The third-order valence-electron chi connectivity index (χ3n) is 5.18. The topological polar surface area (TPSA) is 93.7 Å². The van der Waals surface area contributed by atoms with Crippen molar-refractivity contribution < 1.29 is 23.9 Å². The van der Waals surface area contributed by atoms with Crippen LogP contribution in [-0.2, 0) is 14.3 Å². The number of rotatable bonds is 8. The molecule has 164 valence electrons. The molecular formula is C24H28N2O5. The molecule has 0 unspecified atom stereocenters. The third-order valence-corrected chi connectivity index (χ3v) is 5.18. The SMILES string of the molecule is Cc1ccc(OCC(=O)OCC(=O)Nc2ccccc2C(=O)NC2CCCC2)c(C)c1. The van der Waals surface area contributed by atoms with Gasteiger partial charge in [0, 0.05) is 6.04 Å². The summed E-state index contributed by atoms with van der Waals surface area (Å²) in [6, 6.07) is 12.6. The number of esters is 1. The summed E-state index contributed by atoms with van der Waals surface area (Å²) in [7, 11) is 0. The van der Waals surface area contributed by atoms with Crippen molar-refractivity contribution in [3.8, 4) is 5.75 Å². The number of benzene rings is 2. The maximum absolute atomic E-state index is 12.6. The molecule has 0 aliphatic heterocycles. The van der Waals surface area contributed by atoms with Gasteiger partial charge in [-0.3, -0.25) is 9.59 Å². The zero-order valence-corrected chi connectivity index (χ0v) is 17.9. The van der Waals surface area contributed by atoms with E-state index in [9.17, 15) is 14.4 Å². The van der Waals surface area contributed by atoms with Gasteiger partial charge in [-0.15, -0.1) is 0 Å². The highest BCUT2D eigenvalue weighted by Crippen LogP contribution is 2.21. The minimum absolute atomic E-state index is 0.175. The molecule has 7 heteroatoms. The second-order valence-corrected chi connectivity index (χ2v) is 7.77. The molecule has 0 saturated heterocycles. The molecule has 0 aromatic heterocycles. The van der Waals surface area contributed by atoms with Crippen molar-refractivity contribution in [2.45, 2.75) is 45.6 Å². The summed E-state index contributed by atoms with van der Waals surface area (Å²) in [5.74, 6) is -0.806. The molecule has 2 aromatic carbocycles. The van der Waals surface area contributed by atoms with E-state index in [0.29, 0.717) is 17.0 Å². The number of amides is 2. The predicted octanol–water partition coefficient (Wildman–Crippen LogP) is 3.54. The molecule has 1 saturated carbocycles. The van der Waals surface area contributed by atoms with Crippen LogP contribution < -0.4 is 15.4 Å². The minimum Gasteiger partial charge on any atom is -0.482 e. The Hall–Kier alpha value is -3.35. The van der Waals surface area contributed by atoms with Gasteiger partial charge in [-0.2, -0.15) is 0 Å². The highest BCUT2D eigenvalue weighted by atomic mass is 16.6.